The maximum Gasteiger partial charge on any atom is 0.328 e. The van der Waals surface area contributed by atoms with Gasteiger partial charge in [-0.25, -0.2) is 9.48 Å². The highest BCUT2D eigenvalue weighted by Crippen LogP contribution is 2.32. The van der Waals surface area contributed by atoms with Gasteiger partial charge in [0.1, 0.15) is 0 Å². The zero-order valence-electron chi connectivity index (χ0n) is 12.7. The molecular formula is C14H18N4O4. The number of aromatic nitrogens is 4. The van der Waals surface area contributed by atoms with Gasteiger partial charge in [0.25, 0.3) is 0 Å². The van der Waals surface area contributed by atoms with Crippen molar-refractivity contribution in [3.05, 3.63) is 18.2 Å². The Labute approximate surface area is 127 Å². The van der Waals surface area contributed by atoms with E-state index in [1.807, 2.05) is 6.92 Å². The summed E-state index contributed by atoms with van der Waals surface area (Å²) in [6.07, 6.45) is 1.16. The summed E-state index contributed by atoms with van der Waals surface area (Å²) in [5, 5.41) is 20.8. The maximum atomic E-state index is 11.4. The zero-order valence-corrected chi connectivity index (χ0v) is 12.7. The summed E-state index contributed by atoms with van der Waals surface area (Å²) in [6.45, 7) is 1.91. The number of rotatable bonds is 7. The molecule has 1 aromatic carbocycles. The number of hydrogen-bond acceptors (Lipinski definition) is 6. The van der Waals surface area contributed by atoms with Gasteiger partial charge in [0.2, 0.25) is 0 Å². The van der Waals surface area contributed by atoms with Crippen LogP contribution >= 0.6 is 0 Å². The van der Waals surface area contributed by atoms with Gasteiger partial charge in [-0.2, -0.15) is 0 Å². The lowest BCUT2D eigenvalue weighted by Gasteiger charge is -2.14. The minimum Gasteiger partial charge on any atom is -0.493 e. The van der Waals surface area contributed by atoms with Crippen LogP contribution < -0.4 is 9.47 Å². The fourth-order valence-electron chi connectivity index (χ4n) is 2.19. The molecule has 0 spiro atoms. The van der Waals surface area contributed by atoms with E-state index in [1.165, 1.54) is 11.8 Å². The molecule has 1 aromatic heterocycles. The van der Waals surface area contributed by atoms with Gasteiger partial charge in [0.05, 0.1) is 14.2 Å². The Hall–Kier alpha value is -2.64. The number of methoxy groups -OCH3 is 2. The van der Waals surface area contributed by atoms with Gasteiger partial charge >= 0.3 is 5.97 Å². The number of aliphatic carboxylic acids is 1. The van der Waals surface area contributed by atoms with Crippen LogP contribution in [0, 0.1) is 0 Å². The second-order valence-electron chi connectivity index (χ2n) is 4.66. The molecule has 0 bridgehead atoms. The van der Waals surface area contributed by atoms with Crippen molar-refractivity contribution in [2.75, 3.05) is 14.2 Å². The molecule has 0 aliphatic carbocycles. The first-order valence-electron chi connectivity index (χ1n) is 6.85. The van der Waals surface area contributed by atoms with Gasteiger partial charge in [-0.05, 0) is 35.0 Å². The molecule has 1 atom stereocenters. The Morgan fingerprint density at radius 2 is 2.05 bits per heavy atom. The fourth-order valence-corrected chi connectivity index (χ4v) is 2.19. The van der Waals surface area contributed by atoms with E-state index in [1.54, 1.807) is 25.3 Å². The average Bonchev–Trinajstić information content (AvgIpc) is 3.00. The Morgan fingerprint density at radius 3 is 2.64 bits per heavy atom. The molecule has 0 saturated carbocycles. The van der Waals surface area contributed by atoms with Crippen LogP contribution in [0.5, 0.6) is 11.5 Å². The molecule has 8 nitrogen and oxygen atoms in total. The van der Waals surface area contributed by atoms with Gasteiger partial charge in [0, 0.05) is 5.56 Å². The largest absolute Gasteiger partial charge is 0.493 e. The summed E-state index contributed by atoms with van der Waals surface area (Å²) in [7, 11) is 3.07. The molecule has 8 heteroatoms. The number of ether oxygens (including phenoxy) is 2. The molecule has 1 heterocycles. The highest BCUT2D eigenvalue weighted by atomic mass is 16.5. The lowest BCUT2D eigenvalue weighted by molar-refractivity contribution is -0.141. The van der Waals surface area contributed by atoms with Crippen molar-refractivity contribution < 1.29 is 19.4 Å². The maximum absolute atomic E-state index is 11.4. The van der Waals surface area contributed by atoms with E-state index in [0.29, 0.717) is 35.7 Å². The lowest BCUT2D eigenvalue weighted by atomic mass is 10.1. The second-order valence-corrected chi connectivity index (χ2v) is 4.66. The van der Waals surface area contributed by atoms with Crippen LogP contribution in [-0.2, 0) is 4.79 Å². The lowest BCUT2D eigenvalue weighted by Crippen LogP contribution is -2.21. The third kappa shape index (κ3) is 3.00. The quantitative estimate of drug-likeness (QED) is 0.832. The van der Waals surface area contributed by atoms with Gasteiger partial charge in [-0.1, -0.05) is 13.3 Å². The summed E-state index contributed by atoms with van der Waals surface area (Å²) in [4.78, 5) is 11.4. The van der Waals surface area contributed by atoms with Gasteiger partial charge in [0.15, 0.2) is 23.4 Å². The monoisotopic (exact) mass is 306 g/mol. The van der Waals surface area contributed by atoms with Crippen molar-refractivity contribution in [1.82, 2.24) is 20.2 Å². The Kier molecular flexibility index (Phi) is 4.92. The standard InChI is InChI=1S/C14H18N4O4/c1-4-5-10(14(19)20)18-13(15-16-17-18)9-6-7-11(21-2)12(8-9)22-3/h6-8,10H,4-5H2,1-3H3,(H,19,20). The number of nitrogens with zero attached hydrogens (tertiary/aromatic N) is 4. The number of carboxylic acid groups (broad SMARTS) is 1. The van der Waals surface area contributed by atoms with Gasteiger partial charge in [-0.3, -0.25) is 0 Å². The fraction of sp³-hybridized carbons (Fsp3) is 0.429. The van der Waals surface area contributed by atoms with Crippen LogP contribution in [0.2, 0.25) is 0 Å². The Balaban J connectivity index is 2.46. The molecular weight excluding hydrogens is 288 g/mol. The molecule has 2 aromatic rings. The molecule has 2 rings (SSSR count). The average molecular weight is 306 g/mol. The van der Waals surface area contributed by atoms with Crippen molar-refractivity contribution in [3.8, 4) is 22.9 Å². The molecule has 0 aliphatic heterocycles. The minimum absolute atomic E-state index is 0.377. The van der Waals surface area contributed by atoms with Crippen LogP contribution in [0.1, 0.15) is 25.8 Å². The smallest absolute Gasteiger partial charge is 0.328 e. The molecule has 22 heavy (non-hydrogen) atoms. The molecule has 118 valence electrons. The number of carboxylic acids is 1. The van der Waals surface area contributed by atoms with E-state index >= 15 is 0 Å². The molecule has 1 N–H and O–H groups in total. The van der Waals surface area contributed by atoms with Crippen molar-refractivity contribution in [3.63, 3.8) is 0 Å². The van der Waals surface area contributed by atoms with E-state index in [9.17, 15) is 9.90 Å². The predicted octanol–water partition coefficient (Wildman–Crippen LogP) is 1.78. The Morgan fingerprint density at radius 1 is 1.32 bits per heavy atom. The van der Waals surface area contributed by atoms with E-state index in [4.69, 9.17) is 9.47 Å². The molecule has 0 fully saturated rings. The van der Waals surface area contributed by atoms with Gasteiger partial charge in [-0.15, -0.1) is 5.10 Å². The first-order chi connectivity index (χ1) is 10.6. The van der Waals surface area contributed by atoms with E-state index in [2.05, 4.69) is 15.5 Å². The summed E-state index contributed by atoms with van der Waals surface area (Å²) in [6, 6.07) is 4.39. The van der Waals surface area contributed by atoms with Crippen LogP contribution in [0.3, 0.4) is 0 Å². The zero-order chi connectivity index (χ0) is 16.1. The van der Waals surface area contributed by atoms with Gasteiger partial charge < -0.3 is 14.6 Å². The highest BCUT2D eigenvalue weighted by Gasteiger charge is 2.24. The third-order valence-electron chi connectivity index (χ3n) is 3.28. The minimum atomic E-state index is -0.962. The SMILES string of the molecule is CCCC(C(=O)O)n1nnnc1-c1ccc(OC)c(OC)c1. The normalized spacial score (nSPS) is 12.0. The molecule has 0 amide bonds. The number of tetrazole rings is 1. The van der Waals surface area contributed by atoms with Crippen molar-refractivity contribution in [1.29, 1.82) is 0 Å². The summed E-state index contributed by atoms with van der Waals surface area (Å²) in [5.74, 6) is 0.517. The number of carbonyl (C=O) groups is 1. The summed E-state index contributed by atoms with van der Waals surface area (Å²) in [5.41, 5.74) is 0.657. The molecule has 1 unspecified atom stereocenters. The van der Waals surface area contributed by atoms with Crippen molar-refractivity contribution >= 4 is 5.97 Å². The van der Waals surface area contributed by atoms with E-state index < -0.39 is 12.0 Å². The summed E-state index contributed by atoms with van der Waals surface area (Å²) >= 11 is 0. The Bertz CT molecular complexity index is 656. The number of hydrogen-bond donors (Lipinski definition) is 1. The van der Waals surface area contributed by atoms with Crippen molar-refractivity contribution in [2.45, 2.75) is 25.8 Å². The van der Waals surface area contributed by atoms with Crippen LogP contribution in [0.15, 0.2) is 18.2 Å². The van der Waals surface area contributed by atoms with Crippen LogP contribution in [-0.4, -0.2) is 45.5 Å². The molecule has 0 aliphatic rings. The van der Waals surface area contributed by atoms with E-state index in [-0.39, 0.29) is 0 Å². The molecule has 0 saturated heterocycles. The van der Waals surface area contributed by atoms with Crippen molar-refractivity contribution in [2.24, 2.45) is 0 Å². The van der Waals surface area contributed by atoms with Crippen LogP contribution in [0.25, 0.3) is 11.4 Å². The second kappa shape index (κ2) is 6.88. The number of benzene rings is 1. The first-order valence-corrected chi connectivity index (χ1v) is 6.85. The predicted molar refractivity (Wildman–Crippen MR) is 77.9 cm³/mol. The molecule has 0 radical (unpaired) electrons. The highest BCUT2D eigenvalue weighted by molar-refractivity contribution is 5.73. The van der Waals surface area contributed by atoms with E-state index in [0.717, 1.165) is 0 Å². The third-order valence-corrected chi connectivity index (χ3v) is 3.28. The van der Waals surface area contributed by atoms with Crippen LogP contribution in [0.4, 0.5) is 0 Å². The summed E-state index contributed by atoms with van der Waals surface area (Å²) < 4.78 is 11.8. The first kappa shape index (κ1) is 15.7. The topological polar surface area (TPSA) is 99.4 Å².